The molecule has 0 aromatic carbocycles. The van der Waals surface area contributed by atoms with Crippen LogP contribution in [0.5, 0.6) is 0 Å². The summed E-state index contributed by atoms with van der Waals surface area (Å²) in [4.78, 5) is 4.62. The number of nitrogens with one attached hydrogen (secondary N) is 1. The summed E-state index contributed by atoms with van der Waals surface area (Å²) in [7, 11) is 0. The Morgan fingerprint density at radius 3 is 2.93 bits per heavy atom. The third kappa shape index (κ3) is 1.30. The first-order valence-electron chi connectivity index (χ1n) is 5.36. The minimum absolute atomic E-state index is 0.494. The zero-order valence-corrected chi connectivity index (χ0v) is 8.16. The van der Waals surface area contributed by atoms with E-state index in [1.54, 1.807) is 0 Å². The molecule has 1 fully saturated rings. The van der Waals surface area contributed by atoms with Crippen molar-refractivity contribution in [2.24, 2.45) is 0 Å². The fraction of sp³-hybridized carbons (Fsp3) is 0.700. The molecule has 4 nitrogen and oxygen atoms in total. The summed E-state index contributed by atoms with van der Waals surface area (Å²) in [6, 6.07) is 0. The molecule has 2 heterocycles. The summed E-state index contributed by atoms with van der Waals surface area (Å²) >= 11 is 0. The van der Waals surface area contributed by atoms with Gasteiger partial charge in [0, 0.05) is 12.5 Å². The average Bonchev–Trinajstić information content (AvgIpc) is 2.88. The van der Waals surface area contributed by atoms with Crippen LogP contribution < -0.4 is 5.32 Å². The zero-order chi connectivity index (χ0) is 9.38. The van der Waals surface area contributed by atoms with Crippen molar-refractivity contribution in [3.05, 3.63) is 17.2 Å². The average molecular weight is 190 g/mol. The quantitative estimate of drug-likeness (QED) is 0.698. The molecule has 14 heavy (non-hydrogen) atoms. The Kier molecular flexibility index (Phi) is 1.94. The Balaban J connectivity index is 1.91. The highest BCUT2D eigenvalue weighted by Gasteiger charge is 2.22. The molecular formula is C10H14N4. The van der Waals surface area contributed by atoms with E-state index in [4.69, 9.17) is 0 Å². The lowest BCUT2D eigenvalue weighted by Gasteiger charge is -2.06. The number of hydrogen-bond donors (Lipinski definition) is 1. The van der Waals surface area contributed by atoms with Gasteiger partial charge in [-0.15, -0.1) is 5.10 Å². The zero-order valence-electron chi connectivity index (χ0n) is 8.16. The molecule has 0 bridgehead atoms. The third-order valence-electron chi connectivity index (χ3n) is 3.11. The van der Waals surface area contributed by atoms with Crippen molar-refractivity contribution in [3.63, 3.8) is 0 Å². The Morgan fingerprint density at radius 1 is 1.14 bits per heavy atom. The van der Waals surface area contributed by atoms with E-state index in [9.17, 15) is 0 Å². The molecule has 4 heteroatoms. The lowest BCUT2D eigenvalue weighted by Crippen LogP contribution is -2.12. The van der Waals surface area contributed by atoms with Crippen molar-refractivity contribution in [2.45, 2.75) is 31.6 Å². The summed E-state index contributed by atoms with van der Waals surface area (Å²) < 4.78 is 0. The minimum atomic E-state index is 0.494. The number of aryl methyl sites for hydroxylation is 2. The van der Waals surface area contributed by atoms with E-state index in [0.29, 0.717) is 5.92 Å². The first-order chi connectivity index (χ1) is 6.93. The van der Waals surface area contributed by atoms with Crippen molar-refractivity contribution in [3.8, 4) is 0 Å². The first kappa shape index (κ1) is 8.29. The van der Waals surface area contributed by atoms with Gasteiger partial charge < -0.3 is 5.32 Å². The molecule has 1 N–H and O–H groups in total. The molecular weight excluding hydrogens is 176 g/mol. The van der Waals surface area contributed by atoms with Crippen LogP contribution in [0, 0.1) is 0 Å². The fourth-order valence-electron chi connectivity index (χ4n) is 2.26. The van der Waals surface area contributed by atoms with E-state index in [0.717, 1.165) is 43.9 Å². The van der Waals surface area contributed by atoms with E-state index in [-0.39, 0.29) is 0 Å². The van der Waals surface area contributed by atoms with Gasteiger partial charge in [-0.25, -0.2) is 4.98 Å². The van der Waals surface area contributed by atoms with E-state index >= 15 is 0 Å². The molecule has 1 saturated heterocycles. The highest BCUT2D eigenvalue weighted by molar-refractivity contribution is 5.17. The molecule has 1 aromatic heterocycles. The number of aromatic nitrogens is 3. The minimum Gasteiger partial charge on any atom is -0.316 e. The number of rotatable bonds is 1. The van der Waals surface area contributed by atoms with Crippen LogP contribution in [0.1, 0.15) is 36.0 Å². The van der Waals surface area contributed by atoms with Crippen molar-refractivity contribution in [1.29, 1.82) is 0 Å². The molecule has 3 rings (SSSR count). The molecule has 0 radical (unpaired) electrons. The smallest absolute Gasteiger partial charge is 0.155 e. The number of hydrogen-bond acceptors (Lipinski definition) is 4. The Morgan fingerprint density at radius 2 is 2.07 bits per heavy atom. The largest absolute Gasteiger partial charge is 0.316 e. The van der Waals surface area contributed by atoms with E-state index in [1.807, 2.05) is 0 Å². The van der Waals surface area contributed by atoms with Gasteiger partial charge in [-0.3, -0.25) is 0 Å². The summed E-state index contributed by atoms with van der Waals surface area (Å²) in [5, 5.41) is 11.8. The van der Waals surface area contributed by atoms with Gasteiger partial charge in [0.05, 0.1) is 11.4 Å². The Labute approximate surface area is 83.2 Å². The van der Waals surface area contributed by atoms with Gasteiger partial charge in [-0.2, -0.15) is 5.10 Å². The molecule has 2 aliphatic rings. The third-order valence-corrected chi connectivity index (χ3v) is 3.11. The van der Waals surface area contributed by atoms with Crippen LogP contribution in [0.25, 0.3) is 0 Å². The maximum Gasteiger partial charge on any atom is 0.155 e. The lowest BCUT2D eigenvalue weighted by molar-refractivity contribution is 0.665. The van der Waals surface area contributed by atoms with E-state index < -0.39 is 0 Å². The van der Waals surface area contributed by atoms with Crippen molar-refractivity contribution in [1.82, 2.24) is 20.5 Å². The predicted octanol–water partition coefficient (Wildman–Crippen LogP) is 0.437. The van der Waals surface area contributed by atoms with Gasteiger partial charge in [-0.1, -0.05) is 0 Å². The monoisotopic (exact) mass is 190 g/mol. The van der Waals surface area contributed by atoms with Crippen molar-refractivity contribution >= 4 is 0 Å². The first-order valence-corrected chi connectivity index (χ1v) is 5.36. The fourth-order valence-corrected chi connectivity index (χ4v) is 2.26. The van der Waals surface area contributed by atoms with E-state index in [1.165, 1.54) is 12.1 Å². The highest BCUT2D eigenvalue weighted by Crippen LogP contribution is 2.22. The van der Waals surface area contributed by atoms with Gasteiger partial charge in [0.1, 0.15) is 0 Å². The highest BCUT2D eigenvalue weighted by atomic mass is 15.2. The van der Waals surface area contributed by atoms with Crippen LogP contribution in [-0.4, -0.2) is 28.3 Å². The van der Waals surface area contributed by atoms with Crippen LogP contribution >= 0.6 is 0 Å². The second kappa shape index (κ2) is 3.28. The van der Waals surface area contributed by atoms with E-state index in [2.05, 4.69) is 20.5 Å². The SMILES string of the molecule is C1Cc2nnc(C3CCNC3)nc2C1. The summed E-state index contributed by atoms with van der Waals surface area (Å²) in [5.41, 5.74) is 2.32. The van der Waals surface area contributed by atoms with Crippen molar-refractivity contribution in [2.75, 3.05) is 13.1 Å². The van der Waals surface area contributed by atoms with Gasteiger partial charge in [0.2, 0.25) is 0 Å². The van der Waals surface area contributed by atoms with Gasteiger partial charge in [0.15, 0.2) is 5.82 Å². The Bertz CT molecular complexity index is 344. The number of nitrogens with zero attached hydrogens (tertiary/aromatic N) is 3. The van der Waals surface area contributed by atoms with Crippen LogP contribution in [0.4, 0.5) is 0 Å². The molecule has 0 saturated carbocycles. The van der Waals surface area contributed by atoms with Crippen LogP contribution in [-0.2, 0) is 12.8 Å². The topological polar surface area (TPSA) is 50.7 Å². The van der Waals surface area contributed by atoms with Crippen LogP contribution in [0.2, 0.25) is 0 Å². The molecule has 1 aliphatic carbocycles. The lowest BCUT2D eigenvalue weighted by atomic mass is 10.1. The van der Waals surface area contributed by atoms with Crippen LogP contribution in [0.3, 0.4) is 0 Å². The summed E-state index contributed by atoms with van der Waals surface area (Å²) in [6.07, 6.45) is 4.51. The van der Waals surface area contributed by atoms with Gasteiger partial charge >= 0.3 is 0 Å². The van der Waals surface area contributed by atoms with Gasteiger partial charge in [0.25, 0.3) is 0 Å². The molecule has 1 unspecified atom stereocenters. The molecule has 1 aliphatic heterocycles. The molecule has 0 amide bonds. The predicted molar refractivity (Wildman–Crippen MR) is 52.1 cm³/mol. The van der Waals surface area contributed by atoms with Gasteiger partial charge in [-0.05, 0) is 32.2 Å². The maximum atomic E-state index is 4.62. The Hall–Kier alpha value is -1.03. The second-order valence-corrected chi connectivity index (χ2v) is 4.11. The molecule has 1 atom stereocenters. The summed E-state index contributed by atoms with van der Waals surface area (Å²) in [5.74, 6) is 1.45. The summed E-state index contributed by atoms with van der Waals surface area (Å²) in [6.45, 7) is 2.10. The molecule has 0 spiro atoms. The maximum absolute atomic E-state index is 4.62. The van der Waals surface area contributed by atoms with Crippen LogP contribution in [0.15, 0.2) is 0 Å². The molecule has 74 valence electrons. The molecule has 1 aromatic rings. The second-order valence-electron chi connectivity index (χ2n) is 4.11. The van der Waals surface area contributed by atoms with Crippen molar-refractivity contribution < 1.29 is 0 Å². The number of fused-ring (bicyclic) bond motifs is 1. The standard InChI is InChI=1S/C10H14N4/c1-2-8-9(3-1)13-14-10(12-8)7-4-5-11-6-7/h7,11H,1-6H2. The normalized spacial score (nSPS) is 25.3.